The maximum Gasteiger partial charge on any atom is 0.128 e. The number of hydrogen-bond acceptors (Lipinski definition) is 3. The van der Waals surface area contributed by atoms with Crippen molar-refractivity contribution in [1.82, 2.24) is 4.98 Å². The van der Waals surface area contributed by atoms with Crippen LogP contribution in [0.1, 0.15) is 31.7 Å². The van der Waals surface area contributed by atoms with Gasteiger partial charge in [0.15, 0.2) is 0 Å². The Bertz CT molecular complexity index is 364. The second-order valence-corrected chi connectivity index (χ2v) is 4.97. The Morgan fingerprint density at radius 2 is 2.29 bits per heavy atom. The number of pyridine rings is 1. The lowest BCUT2D eigenvalue weighted by Crippen LogP contribution is -2.40. The minimum absolute atomic E-state index is 0.583. The third-order valence-corrected chi connectivity index (χ3v) is 3.86. The molecule has 2 unspecified atom stereocenters. The molecule has 0 saturated heterocycles. The number of aryl methyl sites for hydroxylation is 1. The SMILES string of the molecule is CCN(c1cc(C)ccn1)C1CCCC1CN. The van der Waals surface area contributed by atoms with Crippen molar-refractivity contribution < 1.29 is 0 Å². The van der Waals surface area contributed by atoms with Gasteiger partial charge in [0.1, 0.15) is 5.82 Å². The summed E-state index contributed by atoms with van der Waals surface area (Å²) >= 11 is 0. The van der Waals surface area contributed by atoms with E-state index in [0.717, 1.165) is 18.9 Å². The van der Waals surface area contributed by atoms with Gasteiger partial charge in [-0.2, -0.15) is 0 Å². The van der Waals surface area contributed by atoms with E-state index in [1.165, 1.54) is 24.8 Å². The minimum Gasteiger partial charge on any atom is -0.354 e. The molecule has 3 nitrogen and oxygen atoms in total. The van der Waals surface area contributed by atoms with Gasteiger partial charge in [-0.1, -0.05) is 6.42 Å². The van der Waals surface area contributed by atoms with E-state index in [4.69, 9.17) is 5.73 Å². The number of hydrogen-bond donors (Lipinski definition) is 1. The van der Waals surface area contributed by atoms with Gasteiger partial charge in [0.25, 0.3) is 0 Å². The molecule has 0 radical (unpaired) electrons. The largest absolute Gasteiger partial charge is 0.354 e. The Morgan fingerprint density at radius 3 is 2.94 bits per heavy atom. The quantitative estimate of drug-likeness (QED) is 0.868. The van der Waals surface area contributed by atoms with Gasteiger partial charge in [-0.3, -0.25) is 0 Å². The van der Waals surface area contributed by atoms with Crippen LogP contribution < -0.4 is 10.6 Å². The first-order chi connectivity index (χ1) is 8.26. The van der Waals surface area contributed by atoms with Crippen LogP contribution in [0.25, 0.3) is 0 Å². The van der Waals surface area contributed by atoms with E-state index >= 15 is 0 Å². The van der Waals surface area contributed by atoms with Crippen molar-refractivity contribution >= 4 is 5.82 Å². The van der Waals surface area contributed by atoms with Crippen molar-refractivity contribution in [2.24, 2.45) is 11.7 Å². The van der Waals surface area contributed by atoms with Crippen LogP contribution in [0.3, 0.4) is 0 Å². The molecule has 1 aromatic heterocycles. The molecule has 1 heterocycles. The molecule has 2 N–H and O–H groups in total. The van der Waals surface area contributed by atoms with Crippen molar-refractivity contribution in [3.05, 3.63) is 23.9 Å². The molecule has 1 fully saturated rings. The monoisotopic (exact) mass is 233 g/mol. The zero-order valence-electron chi connectivity index (χ0n) is 10.9. The molecule has 0 aromatic carbocycles. The summed E-state index contributed by atoms with van der Waals surface area (Å²) in [5.74, 6) is 1.75. The van der Waals surface area contributed by atoms with E-state index in [1.54, 1.807) is 0 Å². The fraction of sp³-hybridized carbons (Fsp3) is 0.643. The second kappa shape index (κ2) is 5.50. The Morgan fingerprint density at radius 1 is 1.47 bits per heavy atom. The summed E-state index contributed by atoms with van der Waals surface area (Å²) in [6.07, 6.45) is 5.73. The molecule has 2 rings (SSSR count). The van der Waals surface area contributed by atoms with E-state index in [2.05, 4.69) is 29.8 Å². The highest BCUT2D eigenvalue weighted by molar-refractivity contribution is 5.42. The molecule has 0 aliphatic heterocycles. The van der Waals surface area contributed by atoms with E-state index in [0.29, 0.717) is 12.0 Å². The van der Waals surface area contributed by atoms with Crippen molar-refractivity contribution in [2.45, 2.75) is 39.2 Å². The molecule has 94 valence electrons. The van der Waals surface area contributed by atoms with Gasteiger partial charge in [0, 0.05) is 18.8 Å². The zero-order chi connectivity index (χ0) is 12.3. The molecule has 0 spiro atoms. The topological polar surface area (TPSA) is 42.2 Å². The van der Waals surface area contributed by atoms with Gasteiger partial charge < -0.3 is 10.6 Å². The molecule has 17 heavy (non-hydrogen) atoms. The van der Waals surface area contributed by atoms with Crippen molar-refractivity contribution in [3.8, 4) is 0 Å². The lowest BCUT2D eigenvalue weighted by molar-refractivity contribution is 0.459. The molecule has 0 amide bonds. The van der Waals surface area contributed by atoms with Crippen molar-refractivity contribution in [2.75, 3.05) is 18.0 Å². The molecule has 1 saturated carbocycles. The Kier molecular flexibility index (Phi) is 4.00. The predicted molar refractivity (Wildman–Crippen MR) is 72.2 cm³/mol. The molecular formula is C14H23N3. The summed E-state index contributed by atoms with van der Waals surface area (Å²) in [7, 11) is 0. The van der Waals surface area contributed by atoms with Gasteiger partial charge in [0.2, 0.25) is 0 Å². The fourth-order valence-electron chi connectivity index (χ4n) is 2.95. The first-order valence-corrected chi connectivity index (χ1v) is 6.65. The van der Waals surface area contributed by atoms with E-state index < -0.39 is 0 Å². The van der Waals surface area contributed by atoms with Gasteiger partial charge in [-0.05, 0) is 56.8 Å². The molecule has 2 atom stereocenters. The van der Waals surface area contributed by atoms with Crippen LogP contribution in [-0.2, 0) is 0 Å². The van der Waals surface area contributed by atoms with Crippen LogP contribution in [0.4, 0.5) is 5.82 Å². The summed E-state index contributed by atoms with van der Waals surface area (Å²) < 4.78 is 0. The maximum atomic E-state index is 5.88. The average Bonchev–Trinajstić information content (AvgIpc) is 2.78. The van der Waals surface area contributed by atoms with Crippen LogP contribution in [0.5, 0.6) is 0 Å². The van der Waals surface area contributed by atoms with E-state index in [1.807, 2.05) is 12.3 Å². The normalized spacial score (nSPS) is 23.9. The van der Waals surface area contributed by atoms with E-state index in [9.17, 15) is 0 Å². The lowest BCUT2D eigenvalue weighted by Gasteiger charge is -2.33. The number of aromatic nitrogens is 1. The van der Waals surface area contributed by atoms with Crippen LogP contribution in [-0.4, -0.2) is 24.1 Å². The van der Waals surface area contributed by atoms with Gasteiger partial charge >= 0.3 is 0 Å². The smallest absolute Gasteiger partial charge is 0.128 e. The third-order valence-electron chi connectivity index (χ3n) is 3.86. The molecule has 0 bridgehead atoms. The number of rotatable bonds is 4. The summed E-state index contributed by atoms with van der Waals surface area (Å²) in [5.41, 5.74) is 7.15. The minimum atomic E-state index is 0.583. The third kappa shape index (κ3) is 2.60. The molecule has 1 aliphatic rings. The standard InChI is InChI=1S/C14H23N3/c1-3-17(13-6-4-5-12(13)10-15)14-9-11(2)7-8-16-14/h7-9,12-13H,3-6,10,15H2,1-2H3. The first kappa shape index (κ1) is 12.4. The lowest BCUT2D eigenvalue weighted by atomic mass is 10.0. The molecule has 3 heteroatoms. The molecule has 1 aromatic rings. The second-order valence-electron chi connectivity index (χ2n) is 4.97. The summed E-state index contributed by atoms with van der Waals surface area (Å²) in [5, 5.41) is 0. The predicted octanol–water partition coefficient (Wildman–Crippen LogP) is 2.34. The Balaban J connectivity index is 2.21. The van der Waals surface area contributed by atoms with Crippen LogP contribution in [0.2, 0.25) is 0 Å². The summed E-state index contributed by atoms with van der Waals surface area (Å²) in [4.78, 5) is 6.94. The highest BCUT2D eigenvalue weighted by Gasteiger charge is 2.31. The maximum absolute atomic E-state index is 5.88. The molecular weight excluding hydrogens is 210 g/mol. The average molecular weight is 233 g/mol. The Hall–Kier alpha value is -1.09. The summed E-state index contributed by atoms with van der Waals surface area (Å²) in [6, 6.07) is 4.81. The van der Waals surface area contributed by atoms with Crippen LogP contribution in [0.15, 0.2) is 18.3 Å². The zero-order valence-corrected chi connectivity index (χ0v) is 10.9. The van der Waals surface area contributed by atoms with Crippen LogP contribution >= 0.6 is 0 Å². The van der Waals surface area contributed by atoms with Crippen molar-refractivity contribution in [3.63, 3.8) is 0 Å². The highest BCUT2D eigenvalue weighted by Crippen LogP contribution is 2.31. The number of anilines is 1. The van der Waals surface area contributed by atoms with Gasteiger partial charge in [-0.25, -0.2) is 4.98 Å². The Labute approximate surface area is 104 Å². The highest BCUT2D eigenvalue weighted by atomic mass is 15.2. The van der Waals surface area contributed by atoms with Crippen LogP contribution in [0, 0.1) is 12.8 Å². The first-order valence-electron chi connectivity index (χ1n) is 6.65. The van der Waals surface area contributed by atoms with Gasteiger partial charge in [-0.15, -0.1) is 0 Å². The fourth-order valence-corrected chi connectivity index (χ4v) is 2.95. The summed E-state index contributed by atoms with van der Waals surface area (Å²) in [6.45, 7) is 6.13. The van der Waals surface area contributed by atoms with Crippen molar-refractivity contribution in [1.29, 1.82) is 0 Å². The number of nitrogens with two attached hydrogens (primary N) is 1. The number of nitrogens with zero attached hydrogens (tertiary/aromatic N) is 2. The van der Waals surface area contributed by atoms with E-state index in [-0.39, 0.29) is 0 Å². The van der Waals surface area contributed by atoms with Gasteiger partial charge in [0.05, 0.1) is 0 Å². The molecule has 1 aliphatic carbocycles.